The second-order valence-electron chi connectivity index (χ2n) is 7.24. The number of halogens is 1. The number of nitrogens with zero attached hydrogens (tertiary/aromatic N) is 1. The second-order valence-corrected chi connectivity index (χ2v) is 7.68. The van der Waals surface area contributed by atoms with Crippen LogP contribution in [0.1, 0.15) is 48.2 Å². The Morgan fingerprint density at radius 2 is 1.71 bits per heavy atom. The van der Waals surface area contributed by atoms with Gasteiger partial charge in [-0.05, 0) is 61.1 Å². The van der Waals surface area contributed by atoms with E-state index in [1.165, 1.54) is 0 Å². The number of carbonyl (C=O) groups excluding carboxylic acids is 2. The average molecular weight is 399 g/mol. The highest BCUT2D eigenvalue weighted by atomic mass is 35.5. The summed E-state index contributed by atoms with van der Waals surface area (Å²) in [6.45, 7) is 5.31. The van der Waals surface area contributed by atoms with Crippen molar-refractivity contribution >= 4 is 29.1 Å². The predicted molar refractivity (Wildman–Crippen MR) is 114 cm³/mol. The summed E-state index contributed by atoms with van der Waals surface area (Å²) in [7, 11) is 0. The first-order valence-corrected chi connectivity index (χ1v) is 10.4. The molecule has 2 amide bonds. The third-order valence-electron chi connectivity index (χ3n) is 5.42. The van der Waals surface area contributed by atoms with Crippen LogP contribution in [0, 0.1) is 5.92 Å². The van der Waals surface area contributed by atoms with Crippen molar-refractivity contribution in [3.05, 3.63) is 64.2 Å². The van der Waals surface area contributed by atoms with E-state index >= 15 is 0 Å². The SMILES string of the molecule is CCc1cccc(CC)c1NC(=O)[C@@H]1CCCN(C(=O)c2ccc(Cl)cc2)C1. The Labute approximate surface area is 171 Å². The Morgan fingerprint density at radius 1 is 1.07 bits per heavy atom. The number of piperidine rings is 1. The standard InChI is InChI=1S/C23H27ClN2O2/c1-3-16-7-5-8-17(4-2)21(16)25-22(27)19-9-6-14-26(15-19)23(28)18-10-12-20(24)13-11-18/h5,7-8,10-13,19H,3-4,6,9,14-15H2,1-2H3,(H,25,27)/t19-/m1/s1. The lowest BCUT2D eigenvalue weighted by molar-refractivity contribution is -0.121. The quantitative estimate of drug-likeness (QED) is 0.774. The van der Waals surface area contributed by atoms with Crippen LogP contribution < -0.4 is 5.32 Å². The monoisotopic (exact) mass is 398 g/mol. The molecule has 1 N–H and O–H groups in total. The molecule has 3 rings (SSSR count). The van der Waals surface area contributed by atoms with E-state index in [9.17, 15) is 9.59 Å². The highest BCUT2D eigenvalue weighted by Crippen LogP contribution is 2.26. The first-order chi connectivity index (χ1) is 13.5. The summed E-state index contributed by atoms with van der Waals surface area (Å²) in [6, 6.07) is 13.1. The van der Waals surface area contributed by atoms with Gasteiger partial charge in [-0.2, -0.15) is 0 Å². The van der Waals surface area contributed by atoms with Gasteiger partial charge in [-0.1, -0.05) is 43.6 Å². The van der Waals surface area contributed by atoms with E-state index in [-0.39, 0.29) is 17.7 Å². The maximum Gasteiger partial charge on any atom is 0.253 e. The molecule has 0 aliphatic carbocycles. The molecule has 1 aliphatic heterocycles. The van der Waals surface area contributed by atoms with E-state index < -0.39 is 0 Å². The van der Waals surface area contributed by atoms with Crippen molar-refractivity contribution in [2.45, 2.75) is 39.5 Å². The van der Waals surface area contributed by atoms with Gasteiger partial charge in [-0.25, -0.2) is 0 Å². The predicted octanol–water partition coefficient (Wildman–Crippen LogP) is 4.96. The van der Waals surface area contributed by atoms with Crippen molar-refractivity contribution in [3.63, 3.8) is 0 Å². The Balaban J connectivity index is 1.71. The molecule has 1 atom stereocenters. The van der Waals surface area contributed by atoms with Gasteiger partial charge in [-0.3, -0.25) is 9.59 Å². The molecule has 4 nitrogen and oxygen atoms in total. The normalized spacial score (nSPS) is 16.7. The van der Waals surface area contributed by atoms with Crippen LogP contribution >= 0.6 is 11.6 Å². The fourth-order valence-electron chi connectivity index (χ4n) is 3.78. The van der Waals surface area contributed by atoms with E-state index in [1.54, 1.807) is 29.2 Å². The topological polar surface area (TPSA) is 49.4 Å². The molecular formula is C23H27ClN2O2. The largest absolute Gasteiger partial charge is 0.338 e. The minimum absolute atomic E-state index is 0.00389. The minimum Gasteiger partial charge on any atom is -0.338 e. The smallest absolute Gasteiger partial charge is 0.253 e. The van der Waals surface area contributed by atoms with Crippen LogP contribution in [0.4, 0.5) is 5.69 Å². The molecule has 0 radical (unpaired) electrons. The average Bonchev–Trinajstić information content (AvgIpc) is 2.74. The number of hydrogen-bond donors (Lipinski definition) is 1. The van der Waals surface area contributed by atoms with E-state index in [0.29, 0.717) is 23.7 Å². The molecule has 0 aromatic heterocycles. The lowest BCUT2D eigenvalue weighted by Gasteiger charge is -2.32. The summed E-state index contributed by atoms with van der Waals surface area (Å²) >= 11 is 5.92. The number of amides is 2. The lowest BCUT2D eigenvalue weighted by atomic mass is 9.95. The number of aryl methyl sites for hydroxylation is 2. The number of hydrogen-bond acceptors (Lipinski definition) is 2. The summed E-state index contributed by atoms with van der Waals surface area (Å²) in [5, 5.41) is 3.77. The Kier molecular flexibility index (Phi) is 6.74. The molecule has 0 bridgehead atoms. The number of nitrogens with one attached hydrogen (secondary N) is 1. The second kappa shape index (κ2) is 9.24. The summed E-state index contributed by atoms with van der Waals surface area (Å²) in [5.74, 6) is -0.235. The molecule has 1 heterocycles. The van der Waals surface area contributed by atoms with Crippen molar-refractivity contribution in [1.82, 2.24) is 4.90 Å². The number of benzene rings is 2. The number of carbonyl (C=O) groups is 2. The van der Waals surface area contributed by atoms with E-state index in [1.807, 2.05) is 6.07 Å². The zero-order valence-electron chi connectivity index (χ0n) is 16.5. The van der Waals surface area contributed by atoms with Crippen molar-refractivity contribution in [3.8, 4) is 0 Å². The first kappa shape index (κ1) is 20.4. The van der Waals surface area contributed by atoms with Crippen molar-refractivity contribution < 1.29 is 9.59 Å². The Morgan fingerprint density at radius 3 is 2.32 bits per heavy atom. The summed E-state index contributed by atoms with van der Waals surface area (Å²) < 4.78 is 0. The van der Waals surface area contributed by atoms with Gasteiger partial charge >= 0.3 is 0 Å². The Bertz CT molecular complexity index is 826. The third-order valence-corrected chi connectivity index (χ3v) is 5.67. The van der Waals surface area contributed by atoms with Gasteiger partial charge in [0.1, 0.15) is 0 Å². The van der Waals surface area contributed by atoms with Gasteiger partial charge in [0, 0.05) is 29.4 Å². The number of rotatable bonds is 5. The van der Waals surface area contributed by atoms with Crippen LogP contribution in [-0.2, 0) is 17.6 Å². The fraction of sp³-hybridized carbons (Fsp3) is 0.391. The molecule has 0 saturated carbocycles. The van der Waals surface area contributed by atoms with Gasteiger partial charge in [0.25, 0.3) is 5.91 Å². The van der Waals surface area contributed by atoms with Gasteiger partial charge in [0.15, 0.2) is 0 Å². The van der Waals surface area contributed by atoms with E-state index in [4.69, 9.17) is 11.6 Å². The van der Waals surface area contributed by atoms with Crippen LogP contribution in [-0.4, -0.2) is 29.8 Å². The number of anilines is 1. The van der Waals surface area contributed by atoms with Gasteiger partial charge in [0.2, 0.25) is 5.91 Å². The molecule has 0 unspecified atom stereocenters. The van der Waals surface area contributed by atoms with Gasteiger partial charge < -0.3 is 10.2 Å². The van der Waals surface area contributed by atoms with Gasteiger partial charge in [-0.15, -0.1) is 0 Å². The molecule has 28 heavy (non-hydrogen) atoms. The van der Waals surface area contributed by atoms with E-state index in [0.717, 1.165) is 42.5 Å². The molecule has 5 heteroatoms. The summed E-state index contributed by atoms with van der Waals surface area (Å²) in [4.78, 5) is 27.6. The molecule has 2 aromatic carbocycles. The molecule has 1 fully saturated rings. The van der Waals surface area contributed by atoms with Crippen molar-refractivity contribution in [1.29, 1.82) is 0 Å². The maximum absolute atomic E-state index is 13.0. The highest BCUT2D eigenvalue weighted by Gasteiger charge is 2.29. The van der Waals surface area contributed by atoms with Crippen LogP contribution in [0.15, 0.2) is 42.5 Å². The molecule has 0 spiro atoms. The maximum atomic E-state index is 13.0. The van der Waals surface area contributed by atoms with Crippen molar-refractivity contribution in [2.24, 2.45) is 5.92 Å². The third kappa shape index (κ3) is 4.56. The van der Waals surface area contributed by atoms with Crippen LogP contribution in [0.3, 0.4) is 0 Å². The number of likely N-dealkylation sites (tertiary alicyclic amines) is 1. The molecule has 2 aromatic rings. The number of para-hydroxylation sites is 1. The zero-order valence-corrected chi connectivity index (χ0v) is 17.3. The summed E-state index contributed by atoms with van der Waals surface area (Å²) in [6.07, 6.45) is 3.37. The minimum atomic E-state index is -0.195. The summed E-state index contributed by atoms with van der Waals surface area (Å²) in [5.41, 5.74) is 3.85. The lowest BCUT2D eigenvalue weighted by Crippen LogP contribution is -2.43. The van der Waals surface area contributed by atoms with Crippen LogP contribution in [0.25, 0.3) is 0 Å². The zero-order chi connectivity index (χ0) is 20.1. The molecule has 1 aliphatic rings. The molecular weight excluding hydrogens is 372 g/mol. The highest BCUT2D eigenvalue weighted by molar-refractivity contribution is 6.30. The van der Waals surface area contributed by atoms with Gasteiger partial charge in [0.05, 0.1) is 5.92 Å². The fourth-order valence-corrected chi connectivity index (χ4v) is 3.91. The van der Waals surface area contributed by atoms with Crippen LogP contribution in [0.5, 0.6) is 0 Å². The van der Waals surface area contributed by atoms with E-state index in [2.05, 4.69) is 31.3 Å². The van der Waals surface area contributed by atoms with Crippen LogP contribution in [0.2, 0.25) is 5.02 Å². The Hall–Kier alpha value is -2.33. The van der Waals surface area contributed by atoms with Crippen molar-refractivity contribution in [2.75, 3.05) is 18.4 Å². The molecule has 148 valence electrons. The molecule has 1 saturated heterocycles. The first-order valence-electron chi connectivity index (χ1n) is 10.00.